The molecule has 0 bridgehead atoms. The Morgan fingerprint density at radius 1 is 1.11 bits per heavy atom. The summed E-state index contributed by atoms with van der Waals surface area (Å²) in [6.07, 6.45) is 4.31. The van der Waals surface area contributed by atoms with Crippen LogP contribution in [0.15, 0.2) is 18.2 Å². The molecule has 1 aromatic carbocycles. The number of rotatable bonds is 5. The molecule has 1 amide bonds. The van der Waals surface area contributed by atoms with Crippen molar-refractivity contribution >= 4 is 21.7 Å². The molecule has 2 fully saturated rings. The molecule has 1 heterocycles. The minimum Gasteiger partial charge on any atom is -0.452 e. The molecule has 3 rings (SSSR count). The van der Waals surface area contributed by atoms with E-state index >= 15 is 0 Å². The standard InChI is InChI=1S/C20H27NO5S/c1-14-7-8-15(2)18(11-14)20(23)26-12-19(22)21(16-5-3-4-6-16)17-9-10-27(24,25)13-17/h7-8,11,16-17H,3-6,9-10,12-13H2,1-2H3/t17-/m0/s1. The molecule has 1 aliphatic carbocycles. The molecule has 1 atom stereocenters. The number of carbonyl (C=O) groups excluding carboxylic acids is 2. The average Bonchev–Trinajstić information content (AvgIpc) is 3.25. The molecule has 6 nitrogen and oxygen atoms in total. The zero-order chi connectivity index (χ0) is 19.6. The molecule has 7 heteroatoms. The Hall–Kier alpha value is -1.89. The third-order valence-electron chi connectivity index (χ3n) is 5.55. The van der Waals surface area contributed by atoms with Gasteiger partial charge in [0.25, 0.3) is 5.91 Å². The van der Waals surface area contributed by atoms with Crippen LogP contribution in [0.5, 0.6) is 0 Å². The first kappa shape index (κ1) is 19.9. The number of hydrogen-bond donors (Lipinski definition) is 0. The van der Waals surface area contributed by atoms with Gasteiger partial charge in [-0.2, -0.15) is 0 Å². The fourth-order valence-corrected chi connectivity index (χ4v) is 5.83. The highest BCUT2D eigenvalue weighted by molar-refractivity contribution is 7.91. The van der Waals surface area contributed by atoms with Crippen molar-refractivity contribution in [2.75, 3.05) is 18.1 Å². The van der Waals surface area contributed by atoms with E-state index in [-0.39, 0.29) is 36.1 Å². The minimum atomic E-state index is -3.09. The van der Waals surface area contributed by atoms with E-state index < -0.39 is 15.8 Å². The van der Waals surface area contributed by atoms with Crippen molar-refractivity contribution in [2.24, 2.45) is 0 Å². The lowest BCUT2D eigenvalue weighted by atomic mass is 10.1. The summed E-state index contributed by atoms with van der Waals surface area (Å²) >= 11 is 0. The molecule has 0 spiro atoms. The summed E-state index contributed by atoms with van der Waals surface area (Å²) in [6, 6.07) is 5.27. The number of ether oxygens (including phenoxy) is 1. The van der Waals surface area contributed by atoms with Gasteiger partial charge in [0.2, 0.25) is 0 Å². The number of aryl methyl sites for hydroxylation is 2. The van der Waals surface area contributed by atoms with Gasteiger partial charge in [0, 0.05) is 12.1 Å². The molecule has 0 aromatic heterocycles. The van der Waals surface area contributed by atoms with Crippen molar-refractivity contribution in [3.05, 3.63) is 34.9 Å². The van der Waals surface area contributed by atoms with Gasteiger partial charge >= 0.3 is 5.97 Å². The Kier molecular flexibility index (Phi) is 5.89. The number of esters is 1. The number of amides is 1. The Labute approximate surface area is 160 Å². The first-order valence-corrected chi connectivity index (χ1v) is 11.3. The van der Waals surface area contributed by atoms with Gasteiger partial charge in [0.05, 0.1) is 17.1 Å². The molecule has 148 valence electrons. The molecule has 0 unspecified atom stereocenters. The van der Waals surface area contributed by atoms with Crippen LogP contribution in [0.3, 0.4) is 0 Å². The summed E-state index contributed by atoms with van der Waals surface area (Å²) in [7, 11) is -3.09. The summed E-state index contributed by atoms with van der Waals surface area (Å²) in [4.78, 5) is 27.0. The molecular formula is C20H27NO5S. The lowest BCUT2D eigenvalue weighted by Crippen LogP contribution is -2.48. The minimum absolute atomic E-state index is 0.0141. The monoisotopic (exact) mass is 393 g/mol. The van der Waals surface area contributed by atoms with E-state index in [0.717, 1.165) is 36.8 Å². The van der Waals surface area contributed by atoms with Crippen LogP contribution < -0.4 is 0 Å². The summed E-state index contributed by atoms with van der Waals surface area (Å²) < 4.78 is 29.1. The second-order valence-corrected chi connectivity index (χ2v) is 9.92. The van der Waals surface area contributed by atoms with Crippen molar-refractivity contribution in [3.63, 3.8) is 0 Å². The van der Waals surface area contributed by atoms with E-state index in [2.05, 4.69) is 0 Å². The van der Waals surface area contributed by atoms with Crippen molar-refractivity contribution in [2.45, 2.75) is 58.0 Å². The van der Waals surface area contributed by atoms with Gasteiger partial charge in [-0.05, 0) is 44.7 Å². The van der Waals surface area contributed by atoms with E-state index in [0.29, 0.717) is 12.0 Å². The number of hydrogen-bond acceptors (Lipinski definition) is 5. The van der Waals surface area contributed by atoms with Gasteiger partial charge in [-0.25, -0.2) is 13.2 Å². The Balaban J connectivity index is 1.69. The van der Waals surface area contributed by atoms with Crippen molar-refractivity contribution in [1.29, 1.82) is 0 Å². The topological polar surface area (TPSA) is 80.8 Å². The fraction of sp³-hybridized carbons (Fsp3) is 0.600. The lowest BCUT2D eigenvalue weighted by Gasteiger charge is -2.33. The van der Waals surface area contributed by atoms with Crippen LogP contribution in [0.1, 0.15) is 53.6 Å². The van der Waals surface area contributed by atoms with Gasteiger partial charge in [-0.1, -0.05) is 30.5 Å². The molecule has 2 aliphatic rings. The molecule has 0 radical (unpaired) electrons. The molecular weight excluding hydrogens is 366 g/mol. The maximum absolute atomic E-state index is 12.9. The molecule has 1 aromatic rings. The second-order valence-electron chi connectivity index (χ2n) is 7.69. The largest absolute Gasteiger partial charge is 0.452 e. The Morgan fingerprint density at radius 3 is 2.44 bits per heavy atom. The van der Waals surface area contributed by atoms with Crippen LogP contribution >= 0.6 is 0 Å². The third-order valence-corrected chi connectivity index (χ3v) is 7.30. The third kappa shape index (κ3) is 4.69. The summed E-state index contributed by atoms with van der Waals surface area (Å²) in [5.41, 5.74) is 2.20. The molecule has 0 N–H and O–H groups in total. The number of sulfone groups is 1. The quantitative estimate of drug-likeness (QED) is 0.718. The van der Waals surface area contributed by atoms with Gasteiger partial charge in [-0.15, -0.1) is 0 Å². The lowest BCUT2D eigenvalue weighted by molar-refractivity contribution is -0.139. The normalized spacial score (nSPS) is 21.9. The van der Waals surface area contributed by atoms with Crippen LogP contribution in [0, 0.1) is 13.8 Å². The van der Waals surface area contributed by atoms with Crippen molar-refractivity contribution in [3.8, 4) is 0 Å². The van der Waals surface area contributed by atoms with E-state index in [1.807, 2.05) is 26.0 Å². The zero-order valence-corrected chi connectivity index (χ0v) is 16.8. The number of nitrogens with zero attached hydrogens (tertiary/aromatic N) is 1. The van der Waals surface area contributed by atoms with Crippen LogP contribution in [-0.4, -0.2) is 55.4 Å². The maximum atomic E-state index is 12.9. The highest BCUT2D eigenvalue weighted by Gasteiger charge is 2.39. The Morgan fingerprint density at radius 2 is 1.81 bits per heavy atom. The Bertz CT molecular complexity index is 827. The van der Waals surface area contributed by atoms with Gasteiger partial charge in [0.15, 0.2) is 16.4 Å². The van der Waals surface area contributed by atoms with Gasteiger partial charge in [-0.3, -0.25) is 4.79 Å². The van der Waals surface area contributed by atoms with Gasteiger partial charge in [0.1, 0.15) is 0 Å². The number of carbonyl (C=O) groups is 2. The van der Waals surface area contributed by atoms with E-state index in [1.165, 1.54) is 0 Å². The second kappa shape index (κ2) is 8.00. The fourth-order valence-electron chi connectivity index (χ4n) is 4.12. The first-order chi connectivity index (χ1) is 12.8. The summed E-state index contributed by atoms with van der Waals surface area (Å²) in [5, 5.41) is 0. The smallest absolute Gasteiger partial charge is 0.338 e. The highest BCUT2D eigenvalue weighted by atomic mass is 32.2. The zero-order valence-electron chi connectivity index (χ0n) is 15.9. The van der Waals surface area contributed by atoms with Crippen molar-refractivity contribution < 1.29 is 22.7 Å². The highest BCUT2D eigenvalue weighted by Crippen LogP contribution is 2.29. The predicted molar refractivity (Wildman–Crippen MR) is 102 cm³/mol. The van der Waals surface area contributed by atoms with Crippen LogP contribution in [0.4, 0.5) is 0 Å². The van der Waals surface area contributed by atoms with Gasteiger partial charge < -0.3 is 9.64 Å². The first-order valence-electron chi connectivity index (χ1n) is 9.53. The van der Waals surface area contributed by atoms with E-state index in [4.69, 9.17) is 4.74 Å². The summed E-state index contributed by atoms with van der Waals surface area (Å²) in [6.45, 7) is 3.37. The molecule has 1 aliphatic heterocycles. The van der Waals surface area contributed by atoms with Crippen molar-refractivity contribution in [1.82, 2.24) is 4.90 Å². The molecule has 1 saturated heterocycles. The maximum Gasteiger partial charge on any atom is 0.338 e. The predicted octanol–water partition coefficient (Wildman–Crippen LogP) is 2.42. The van der Waals surface area contributed by atoms with Crippen LogP contribution in [0.25, 0.3) is 0 Å². The van der Waals surface area contributed by atoms with E-state index in [1.54, 1.807) is 11.0 Å². The van der Waals surface area contributed by atoms with Crippen LogP contribution in [0.2, 0.25) is 0 Å². The summed E-state index contributed by atoms with van der Waals surface area (Å²) in [5.74, 6) is -0.672. The molecule has 1 saturated carbocycles. The number of benzene rings is 1. The molecule has 27 heavy (non-hydrogen) atoms. The average molecular weight is 394 g/mol. The van der Waals surface area contributed by atoms with E-state index in [9.17, 15) is 18.0 Å². The van der Waals surface area contributed by atoms with Crippen LogP contribution in [-0.2, 0) is 19.4 Å². The SMILES string of the molecule is Cc1ccc(C)c(C(=O)OCC(=O)N(C2CCCC2)[C@H]2CCS(=O)(=O)C2)c1.